The molecule has 6 nitrogen and oxygen atoms in total. The van der Waals surface area contributed by atoms with Gasteiger partial charge in [-0.05, 0) is 35.7 Å². The summed E-state index contributed by atoms with van der Waals surface area (Å²) in [5.74, 6) is 1.14. The third-order valence-corrected chi connectivity index (χ3v) is 5.92. The van der Waals surface area contributed by atoms with Gasteiger partial charge in [0.05, 0.1) is 0 Å². The fourth-order valence-corrected chi connectivity index (χ4v) is 4.10. The van der Waals surface area contributed by atoms with E-state index in [1.54, 1.807) is 23.5 Å². The van der Waals surface area contributed by atoms with Crippen LogP contribution in [0.5, 0.6) is 0 Å². The number of carbonyl (C=O) groups excluding carboxylic acids is 1. The number of piperazine rings is 1. The molecule has 8 heteroatoms. The van der Waals surface area contributed by atoms with Crippen molar-refractivity contribution in [1.82, 2.24) is 19.9 Å². The van der Waals surface area contributed by atoms with Crippen LogP contribution in [0.25, 0.3) is 11.4 Å². The molecule has 0 spiro atoms. The number of rotatable bonds is 6. The number of hydrogen-bond acceptors (Lipinski definition) is 6. The highest BCUT2D eigenvalue weighted by Crippen LogP contribution is 2.19. The molecule has 0 aliphatic carbocycles. The van der Waals surface area contributed by atoms with Crippen LogP contribution in [0.2, 0.25) is 5.02 Å². The Labute approximate surface area is 172 Å². The van der Waals surface area contributed by atoms with Crippen LogP contribution < -0.4 is 0 Å². The Morgan fingerprint density at radius 1 is 1.14 bits per heavy atom. The molecule has 1 saturated heterocycles. The van der Waals surface area contributed by atoms with Crippen LogP contribution >= 0.6 is 22.9 Å². The molecule has 1 aliphatic heterocycles. The topological polar surface area (TPSA) is 62.5 Å². The number of thiophene rings is 1. The van der Waals surface area contributed by atoms with Crippen molar-refractivity contribution in [3.8, 4) is 11.4 Å². The summed E-state index contributed by atoms with van der Waals surface area (Å²) in [6.45, 7) is 4.32. The van der Waals surface area contributed by atoms with Crippen molar-refractivity contribution in [3.05, 3.63) is 57.6 Å². The average molecular weight is 417 g/mol. The van der Waals surface area contributed by atoms with Gasteiger partial charge in [-0.25, -0.2) is 0 Å². The molecule has 0 saturated carbocycles. The summed E-state index contributed by atoms with van der Waals surface area (Å²) in [5.41, 5.74) is 0.840. The van der Waals surface area contributed by atoms with Gasteiger partial charge in [0.15, 0.2) is 0 Å². The Hall–Kier alpha value is -2.22. The standard InChI is InChI=1S/C20H21ClN4O2S/c21-16-5-3-15(4-6-16)20-22-18(27-23-20)7-8-19(26)25-11-9-24(10-12-25)14-17-2-1-13-28-17/h1-6,13H,7-12,14H2. The highest BCUT2D eigenvalue weighted by molar-refractivity contribution is 7.09. The number of aryl methyl sites for hydroxylation is 1. The number of amides is 1. The number of hydrogen-bond donors (Lipinski definition) is 0. The lowest BCUT2D eigenvalue weighted by Crippen LogP contribution is -2.48. The second kappa shape index (κ2) is 8.86. The maximum absolute atomic E-state index is 12.5. The Morgan fingerprint density at radius 2 is 1.93 bits per heavy atom. The van der Waals surface area contributed by atoms with E-state index in [-0.39, 0.29) is 5.91 Å². The number of aromatic nitrogens is 2. The summed E-state index contributed by atoms with van der Waals surface area (Å²) in [5, 5.41) is 6.76. The van der Waals surface area contributed by atoms with Gasteiger partial charge in [-0.1, -0.05) is 22.8 Å². The summed E-state index contributed by atoms with van der Waals surface area (Å²) in [6.07, 6.45) is 0.835. The molecule has 1 aliphatic rings. The second-order valence-electron chi connectivity index (χ2n) is 6.75. The second-order valence-corrected chi connectivity index (χ2v) is 8.22. The zero-order chi connectivity index (χ0) is 19.3. The third-order valence-electron chi connectivity index (χ3n) is 4.81. The molecule has 0 bridgehead atoms. The predicted molar refractivity (Wildman–Crippen MR) is 109 cm³/mol. The smallest absolute Gasteiger partial charge is 0.227 e. The Bertz CT molecular complexity index is 903. The fraction of sp³-hybridized carbons (Fsp3) is 0.350. The lowest BCUT2D eigenvalue weighted by molar-refractivity contribution is -0.133. The van der Waals surface area contributed by atoms with E-state index in [4.69, 9.17) is 16.1 Å². The van der Waals surface area contributed by atoms with Crippen molar-refractivity contribution in [2.75, 3.05) is 26.2 Å². The van der Waals surface area contributed by atoms with Crippen LogP contribution in [0.1, 0.15) is 17.2 Å². The Kier molecular flexibility index (Phi) is 6.04. The number of nitrogens with zero attached hydrogens (tertiary/aromatic N) is 4. The van der Waals surface area contributed by atoms with Crippen LogP contribution in [0.3, 0.4) is 0 Å². The highest BCUT2D eigenvalue weighted by Gasteiger charge is 2.22. The minimum Gasteiger partial charge on any atom is -0.340 e. The van der Waals surface area contributed by atoms with Gasteiger partial charge in [0, 0.05) is 61.0 Å². The van der Waals surface area contributed by atoms with Crippen molar-refractivity contribution < 1.29 is 9.32 Å². The van der Waals surface area contributed by atoms with Crippen LogP contribution in [0, 0.1) is 0 Å². The molecule has 1 aromatic carbocycles. The molecular formula is C20H21ClN4O2S. The monoisotopic (exact) mass is 416 g/mol. The third kappa shape index (κ3) is 4.79. The van der Waals surface area contributed by atoms with E-state index in [1.165, 1.54) is 4.88 Å². The fourth-order valence-electron chi connectivity index (χ4n) is 3.22. The number of carbonyl (C=O) groups is 1. The van der Waals surface area contributed by atoms with Crippen LogP contribution in [-0.2, 0) is 17.8 Å². The summed E-state index contributed by atoms with van der Waals surface area (Å²) < 4.78 is 5.29. The van der Waals surface area contributed by atoms with Crippen molar-refractivity contribution in [3.63, 3.8) is 0 Å². The first kappa shape index (κ1) is 19.1. The molecule has 1 amide bonds. The van der Waals surface area contributed by atoms with Gasteiger partial charge in [-0.3, -0.25) is 9.69 Å². The first-order valence-electron chi connectivity index (χ1n) is 9.28. The first-order valence-corrected chi connectivity index (χ1v) is 10.5. The molecule has 4 rings (SSSR count). The van der Waals surface area contributed by atoms with E-state index in [0.29, 0.717) is 29.6 Å². The van der Waals surface area contributed by atoms with E-state index in [9.17, 15) is 4.79 Å². The quantitative estimate of drug-likeness (QED) is 0.612. The Balaban J connectivity index is 1.24. The molecule has 0 atom stereocenters. The maximum atomic E-state index is 12.5. The van der Waals surface area contributed by atoms with Gasteiger partial charge in [-0.2, -0.15) is 4.98 Å². The average Bonchev–Trinajstić information content (AvgIpc) is 3.39. The van der Waals surface area contributed by atoms with E-state index in [1.807, 2.05) is 17.0 Å². The molecule has 2 aromatic heterocycles. The summed E-state index contributed by atoms with van der Waals surface area (Å²) in [6, 6.07) is 11.5. The molecule has 0 radical (unpaired) electrons. The number of halogens is 1. The van der Waals surface area contributed by atoms with Crippen LogP contribution in [0.15, 0.2) is 46.3 Å². The van der Waals surface area contributed by atoms with Gasteiger partial charge in [0.2, 0.25) is 17.6 Å². The molecule has 28 heavy (non-hydrogen) atoms. The van der Waals surface area contributed by atoms with Crippen molar-refractivity contribution in [2.45, 2.75) is 19.4 Å². The summed E-state index contributed by atoms with van der Waals surface area (Å²) >= 11 is 7.68. The van der Waals surface area contributed by atoms with Crippen LogP contribution in [-0.4, -0.2) is 52.0 Å². The zero-order valence-electron chi connectivity index (χ0n) is 15.4. The van der Waals surface area contributed by atoms with Crippen molar-refractivity contribution in [1.29, 1.82) is 0 Å². The molecule has 146 valence electrons. The SMILES string of the molecule is O=C(CCc1nc(-c2ccc(Cl)cc2)no1)N1CCN(Cc2cccs2)CC1. The van der Waals surface area contributed by atoms with Crippen LogP contribution in [0.4, 0.5) is 0 Å². The first-order chi connectivity index (χ1) is 13.7. The molecule has 3 heterocycles. The lowest BCUT2D eigenvalue weighted by Gasteiger charge is -2.34. The van der Waals surface area contributed by atoms with E-state index in [2.05, 4.69) is 32.6 Å². The molecule has 0 N–H and O–H groups in total. The summed E-state index contributed by atoms with van der Waals surface area (Å²) in [4.78, 5) is 22.6. The normalized spacial score (nSPS) is 15.1. The highest BCUT2D eigenvalue weighted by atomic mass is 35.5. The number of benzene rings is 1. The van der Waals surface area contributed by atoms with Gasteiger partial charge < -0.3 is 9.42 Å². The van der Waals surface area contributed by atoms with Gasteiger partial charge in [0.25, 0.3) is 0 Å². The van der Waals surface area contributed by atoms with Crippen molar-refractivity contribution in [2.24, 2.45) is 0 Å². The van der Waals surface area contributed by atoms with Gasteiger partial charge in [0.1, 0.15) is 0 Å². The predicted octanol–water partition coefficient (Wildman–Crippen LogP) is 3.73. The van der Waals surface area contributed by atoms with E-state index in [0.717, 1.165) is 38.3 Å². The van der Waals surface area contributed by atoms with Crippen molar-refractivity contribution >= 4 is 28.8 Å². The minimum absolute atomic E-state index is 0.141. The molecule has 0 unspecified atom stereocenters. The largest absolute Gasteiger partial charge is 0.340 e. The minimum atomic E-state index is 0.141. The zero-order valence-corrected chi connectivity index (χ0v) is 17.0. The van der Waals surface area contributed by atoms with E-state index >= 15 is 0 Å². The Morgan fingerprint density at radius 3 is 2.64 bits per heavy atom. The lowest BCUT2D eigenvalue weighted by atomic mass is 10.2. The maximum Gasteiger partial charge on any atom is 0.227 e. The summed E-state index contributed by atoms with van der Waals surface area (Å²) in [7, 11) is 0. The van der Waals surface area contributed by atoms with E-state index < -0.39 is 0 Å². The van der Waals surface area contributed by atoms with Gasteiger partial charge >= 0.3 is 0 Å². The molecular weight excluding hydrogens is 396 g/mol. The van der Waals surface area contributed by atoms with Gasteiger partial charge in [-0.15, -0.1) is 11.3 Å². The molecule has 3 aromatic rings. The molecule has 1 fully saturated rings.